The highest BCUT2D eigenvalue weighted by Crippen LogP contribution is 2.18. The van der Waals surface area contributed by atoms with Gasteiger partial charge in [0.1, 0.15) is 0 Å². The zero-order valence-corrected chi connectivity index (χ0v) is 8.72. The molecule has 0 aliphatic carbocycles. The summed E-state index contributed by atoms with van der Waals surface area (Å²) in [5, 5.41) is 3.19. The minimum atomic E-state index is 0.594. The van der Waals surface area contributed by atoms with Crippen LogP contribution in [0.3, 0.4) is 0 Å². The molecule has 0 aliphatic rings. The van der Waals surface area contributed by atoms with Crippen molar-refractivity contribution in [1.82, 2.24) is 0 Å². The average molecular weight is 190 g/mol. The maximum Gasteiger partial charge on any atom is 0.0373 e. The van der Waals surface area contributed by atoms with Gasteiger partial charge in [0.25, 0.3) is 0 Å². The molecule has 0 saturated heterocycles. The Morgan fingerprint density at radius 1 is 1.50 bits per heavy atom. The maximum atomic E-state index is 5.58. The predicted octanol–water partition coefficient (Wildman–Crippen LogP) is 2.31. The van der Waals surface area contributed by atoms with E-state index in [-0.39, 0.29) is 0 Å². The van der Waals surface area contributed by atoms with E-state index in [1.54, 1.807) is 0 Å². The lowest BCUT2D eigenvalue weighted by Gasteiger charge is -2.09. The van der Waals surface area contributed by atoms with E-state index >= 15 is 0 Å². The molecular formula is C12H18N2. The number of allylic oxidation sites excluding steroid dienone is 1. The lowest BCUT2D eigenvalue weighted by Crippen LogP contribution is -2.00. The lowest BCUT2D eigenvalue weighted by molar-refractivity contribution is 0.995. The van der Waals surface area contributed by atoms with E-state index in [2.05, 4.69) is 30.1 Å². The number of hydrogen-bond acceptors (Lipinski definition) is 2. The Labute approximate surface area is 85.8 Å². The van der Waals surface area contributed by atoms with Crippen LogP contribution in [0.25, 0.3) is 0 Å². The molecule has 76 valence electrons. The van der Waals surface area contributed by atoms with E-state index < -0.39 is 0 Å². The van der Waals surface area contributed by atoms with Crippen LogP contribution < -0.4 is 11.1 Å². The highest BCUT2D eigenvalue weighted by molar-refractivity contribution is 5.53. The van der Waals surface area contributed by atoms with Crippen LogP contribution in [0, 0.1) is 0 Å². The van der Waals surface area contributed by atoms with Crippen molar-refractivity contribution in [1.29, 1.82) is 0 Å². The van der Waals surface area contributed by atoms with Crippen molar-refractivity contribution in [2.45, 2.75) is 19.4 Å². The van der Waals surface area contributed by atoms with Gasteiger partial charge in [0.15, 0.2) is 0 Å². The van der Waals surface area contributed by atoms with Gasteiger partial charge in [-0.3, -0.25) is 0 Å². The van der Waals surface area contributed by atoms with Gasteiger partial charge in [-0.05, 0) is 30.0 Å². The summed E-state index contributed by atoms with van der Waals surface area (Å²) in [5.41, 5.74) is 9.24. The van der Waals surface area contributed by atoms with Crippen LogP contribution in [0.1, 0.15) is 17.5 Å². The molecule has 0 unspecified atom stereocenters. The number of anilines is 1. The Balaban J connectivity index is 2.87. The maximum absolute atomic E-state index is 5.58. The van der Waals surface area contributed by atoms with Crippen molar-refractivity contribution < 1.29 is 0 Å². The number of aryl methyl sites for hydroxylation is 1. The van der Waals surface area contributed by atoms with Crippen LogP contribution in [0.2, 0.25) is 0 Å². The fraction of sp³-hybridized carbons (Fsp3) is 0.333. The third-order valence-electron chi connectivity index (χ3n) is 2.30. The van der Waals surface area contributed by atoms with Crippen LogP contribution in [0.5, 0.6) is 0 Å². The quantitative estimate of drug-likeness (QED) is 0.699. The van der Waals surface area contributed by atoms with E-state index in [0.717, 1.165) is 18.4 Å². The zero-order chi connectivity index (χ0) is 10.4. The molecule has 0 aromatic heterocycles. The smallest absolute Gasteiger partial charge is 0.0373 e. The molecule has 14 heavy (non-hydrogen) atoms. The van der Waals surface area contributed by atoms with Gasteiger partial charge in [0, 0.05) is 19.3 Å². The molecular weight excluding hydrogens is 172 g/mol. The highest BCUT2D eigenvalue weighted by atomic mass is 14.8. The topological polar surface area (TPSA) is 38.0 Å². The normalized spacial score (nSPS) is 9.86. The number of hydrogen-bond donors (Lipinski definition) is 2. The minimum Gasteiger partial charge on any atom is -0.388 e. The van der Waals surface area contributed by atoms with Gasteiger partial charge in [-0.1, -0.05) is 18.2 Å². The second-order valence-electron chi connectivity index (χ2n) is 3.27. The van der Waals surface area contributed by atoms with Crippen molar-refractivity contribution in [3.05, 3.63) is 42.0 Å². The SMILES string of the molecule is C=CCCc1ccc(CN)cc1NC. The molecule has 1 aromatic carbocycles. The Hall–Kier alpha value is -1.28. The van der Waals surface area contributed by atoms with Crippen molar-refractivity contribution in [3.63, 3.8) is 0 Å². The molecule has 2 heteroatoms. The van der Waals surface area contributed by atoms with Crippen molar-refractivity contribution >= 4 is 5.69 Å². The third kappa shape index (κ3) is 2.60. The summed E-state index contributed by atoms with van der Waals surface area (Å²) < 4.78 is 0. The molecule has 3 N–H and O–H groups in total. The summed E-state index contributed by atoms with van der Waals surface area (Å²) in [6.45, 7) is 4.32. The van der Waals surface area contributed by atoms with Gasteiger partial charge in [0.05, 0.1) is 0 Å². The molecule has 0 amide bonds. The highest BCUT2D eigenvalue weighted by Gasteiger charge is 2.00. The number of rotatable bonds is 5. The first kappa shape index (κ1) is 10.8. The Morgan fingerprint density at radius 2 is 2.29 bits per heavy atom. The molecule has 1 rings (SSSR count). The third-order valence-corrected chi connectivity index (χ3v) is 2.30. The summed E-state index contributed by atoms with van der Waals surface area (Å²) in [6, 6.07) is 6.33. The lowest BCUT2D eigenvalue weighted by atomic mass is 10.0. The molecule has 0 atom stereocenters. The van der Waals surface area contributed by atoms with Crippen LogP contribution in [-0.2, 0) is 13.0 Å². The van der Waals surface area contributed by atoms with E-state index in [9.17, 15) is 0 Å². The average Bonchev–Trinajstić information content (AvgIpc) is 2.26. The summed E-state index contributed by atoms with van der Waals surface area (Å²) in [4.78, 5) is 0. The first-order valence-corrected chi connectivity index (χ1v) is 4.92. The Morgan fingerprint density at radius 3 is 2.86 bits per heavy atom. The van der Waals surface area contributed by atoms with E-state index in [4.69, 9.17) is 5.73 Å². The summed E-state index contributed by atoms with van der Waals surface area (Å²) in [7, 11) is 1.94. The van der Waals surface area contributed by atoms with Crippen LogP contribution in [0.4, 0.5) is 5.69 Å². The minimum absolute atomic E-state index is 0.594. The molecule has 0 bridgehead atoms. The monoisotopic (exact) mass is 190 g/mol. The van der Waals surface area contributed by atoms with Gasteiger partial charge in [-0.2, -0.15) is 0 Å². The molecule has 0 saturated carbocycles. The number of nitrogens with two attached hydrogens (primary N) is 1. The molecule has 0 fully saturated rings. The van der Waals surface area contributed by atoms with Gasteiger partial charge in [-0.25, -0.2) is 0 Å². The molecule has 0 aliphatic heterocycles. The Bertz CT molecular complexity index is 305. The van der Waals surface area contributed by atoms with E-state index in [1.807, 2.05) is 13.1 Å². The summed E-state index contributed by atoms with van der Waals surface area (Å²) >= 11 is 0. The Kier molecular flexibility index (Phi) is 4.20. The van der Waals surface area contributed by atoms with Crippen LogP contribution >= 0.6 is 0 Å². The van der Waals surface area contributed by atoms with Gasteiger partial charge in [0.2, 0.25) is 0 Å². The fourth-order valence-corrected chi connectivity index (χ4v) is 1.46. The first-order chi connectivity index (χ1) is 6.81. The first-order valence-electron chi connectivity index (χ1n) is 4.92. The summed E-state index contributed by atoms with van der Waals surface area (Å²) in [5.74, 6) is 0. The largest absolute Gasteiger partial charge is 0.388 e. The van der Waals surface area contributed by atoms with Crippen molar-refractivity contribution in [2.24, 2.45) is 5.73 Å². The van der Waals surface area contributed by atoms with Crippen molar-refractivity contribution in [2.75, 3.05) is 12.4 Å². The molecule has 2 nitrogen and oxygen atoms in total. The van der Waals surface area contributed by atoms with Gasteiger partial charge in [-0.15, -0.1) is 6.58 Å². The second-order valence-corrected chi connectivity index (χ2v) is 3.27. The zero-order valence-electron chi connectivity index (χ0n) is 8.72. The molecule has 0 radical (unpaired) electrons. The standard InChI is InChI=1S/C12H18N2/c1-3-4-5-11-7-6-10(9-13)8-12(11)14-2/h3,6-8,14H,1,4-5,9,13H2,2H3. The van der Waals surface area contributed by atoms with E-state index in [0.29, 0.717) is 6.54 Å². The molecule has 1 aromatic rings. The fourth-order valence-electron chi connectivity index (χ4n) is 1.46. The number of benzene rings is 1. The van der Waals surface area contributed by atoms with E-state index in [1.165, 1.54) is 11.3 Å². The summed E-state index contributed by atoms with van der Waals surface area (Å²) in [6.07, 6.45) is 3.98. The molecule has 0 heterocycles. The van der Waals surface area contributed by atoms with Crippen LogP contribution in [0.15, 0.2) is 30.9 Å². The second kappa shape index (κ2) is 5.45. The number of nitrogens with one attached hydrogen (secondary N) is 1. The van der Waals surface area contributed by atoms with Gasteiger partial charge < -0.3 is 11.1 Å². The molecule has 0 spiro atoms. The predicted molar refractivity (Wildman–Crippen MR) is 62.4 cm³/mol. The van der Waals surface area contributed by atoms with Crippen LogP contribution in [-0.4, -0.2) is 7.05 Å². The van der Waals surface area contributed by atoms with Gasteiger partial charge >= 0.3 is 0 Å². The van der Waals surface area contributed by atoms with Crippen molar-refractivity contribution in [3.8, 4) is 0 Å².